The number of halogens is 1. The Morgan fingerprint density at radius 2 is 1.70 bits per heavy atom. The Morgan fingerprint density at radius 3 is 2.35 bits per heavy atom. The molecule has 0 unspecified atom stereocenters. The average molecular weight is 597 g/mol. The second-order valence-electron chi connectivity index (χ2n) is 10.9. The van der Waals surface area contributed by atoms with Gasteiger partial charge in [0.2, 0.25) is 21.8 Å². The van der Waals surface area contributed by atoms with Crippen molar-refractivity contribution in [1.82, 2.24) is 20.7 Å². The predicted octanol–water partition coefficient (Wildman–Crippen LogP) is 2.52. The molecule has 1 saturated heterocycles. The lowest BCUT2D eigenvalue weighted by Gasteiger charge is -2.28. The van der Waals surface area contributed by atoms with Gasteiger partial charge in [0.05, 0.1) is 5.25 Å². The molecule has 1 aromatic carbocycles. The summed E-state index contributed by atoms with van der Waals surface area (Å²) in [5.41, 5.74) is 0.680. The van der Waals surface area contributed by atoms with Crippen LogP contribution in [0.5, 0.6) is 0 Å². The van der Waals surface area contributed by atoms with Crippen molar-refractivity contribution in [3.8, 4) is 0 Å². The summed E-state index contributed by atoms with van der Waals surface area (Å²) in [5, 5.41) is 7.84. The molecule has 11 nitrogen and oxygen atoms in total. The van der Waals surface area contributed by atoms with Crippen molar-refractivity contribution in [2.45, 2.75) is 88.1 Å². The van der Waals surface area contributed by atoms with E-state index in [4.69, 9.17) is 16.3 Å². The van der Waals surface area contributed by atoms with E-state index >= 15 is 0 Å². The maximum Gasteiger partial charge on any atom is 0.408 e. The molecule has 0 bridgehead atoms. The van der Waals surface area contributed by atoms with Gasteiger partial charge in [-0.15, -0.1) is 0 Å². The number of amides is 4. The number of sulfonamides is 1. The molecule has 3 fully saturated rings. The summed E-state index contributed by atoms with van der Waals surface area (Å²) in [6, 6.07) is 4.57. The van der Waals surface area contributed by atoms with E-state index < -0.39 is 51.2 Å². The number of carbonyl (C=O) groups excluding carboxylic acids is 4. The number of hydrogen-bond acceptors (Lipinski definition) is 7. The number of ether oxygens (including phenoxy) is 1. The van der Waals surface area contributed by atoms with Crippen LogP contribution >= 0.6 is 11.6 Å². The van der Waals surface area contributed by atoms with Crippen LogP contribution in [-0.4, -0.2) is 56.1 Å². The third-order valence-electron chi connectivity index (χ3n) is 7.68. The summed E-state index contributed by atoms with van der Waals surface area (Å²) in [7, 11) is -3.86. The van der Waals surface area contributed by atoms with Gasteiger partial charge in [0.15, 0.2) is 0 Å². The first kappa shape index (κ1) is 30.1. The van der Waals surface area contributed by atoms with Crippen LogP contribution in [0, 0.1) is 11.8 Å². The second kappa shape index (κ2) is 13.7. The number of nitrogens with one attached hydrogen (secondary N) is 4. The zero-order valence-electron chi connectivity index (χ0n) is 22.3. The van der Waals surface area contributed by atoms with Crippen molar-refractivity contribution in [2.75, 3.05) is 6.54 Å². The van der Waals surface area contributed by atoms with Crippen LogP contribution in [0.1, 0.15) is 69.8 Å². The maximum absolute atomic E-state index is 13.5. The summed E-state index contributed by atoms with van der Waals surface area (Å²) in [4.78, 5) is 51.5. The standard InChI is InChI=1S/C27H37ClN4O7S/c28-20-8-4-7-18(13-20)16-39-27(36)31-22(14-17-5-2-1-3-6-17)25(34)30-23(15-19-11-12-29-24(19)33)26(35)32-40(37,38)21-9-10-21/h4,7-8,13,17,19,21-23H,1-3,5-6,9-12,14-16H2,(H,29,33)(H,30,34)(H,31,36)(H,32,35)/t19-,22-,23-/m0/s1. The van der Waals surface area contributed by atoms with Gasteiger partial charge in [0.25, 0.3) is 5.91 Å². The van der Waals surface area contributed by atoms with E-state index in [1.807, 2.05) is 0 Å². The number of hydrogen-bond donors (Lipinski definition) is 4. The maximum atomic E-state index is 13.5. The van der Waals surface area contributed by atoms with Crippen molar-refractivity contribution < 1.29 is 32.3 Å². The molecule has 0 radical (unpaired) electrons. The highest BCUT2D eigenvalue weighted by Crippen LogP contribution is 2.29. The van der Waals surface area contributed by atoms with Gasteiger partial charge in [0.1, 0.15) is 18.7 Å². The molecule has 2 saturated carbocycles. The van der Waals surface area contributed by atoms with E-state index in [0.717, 1.165) is 32.1 Å². The molecular formula is C27H37ClN4O7S. The Morgan fingerprint density at radius 1 is 0.975 bits per heavy atom. The molecule has 40 heavy (non-hydrogen) atoms. The largest absolute Gasteiger partial charge is 0.445 e. The Balaban J connectivity index is 1.45. The third kappa shape index (κ3) is 8.82. The van der Waals surface area contributed by atoms with Crippen LogP contribution in [0.3, 0.4) is 0 Å². The first-order chi connectivity index (χ1) is 19.1. The van der Waals surface area contributed by atoms with Crippen molar-refractivity contribution in [3.63, 3.8) is 0 Å². The summed E-state index contributed by atoms with van der Waals surface area (Å²) >= 11 is 5.99. The summed E-state index contributed by atoms with van der Waals surface area (Å²) < 4.78 is 32.3. The molecule has 0 spiro atoms. The molecule has 13 heteroatoms. The highest BCUT2D eigenvalue weighted by molar-refractivity contribution is 7.90. The molecule has 220 valence electrons. The number of benzene rings is 1. The number of carbonyl (C=O) groups is 4. The molecule has 4 rings (SSSR count). The van der Waals surface area contributed by atoms with Gasteiger partial charge < -0.3 is 20.7 Å². The van der Waals surface area contributed by atoms with E-state index in [2.05, 4.69) is 20.7 Å². The fourth-order valence-electron chi connectivity index (χ4n) is 5.28. The minimum absolute atomic E-state index is 0.0506. The minimum Gasteiger partial charge on any atom is -0.445 e. The van der Waals surface area contributed by atoms with Crippen LogP contribution in [-0.2, 0) is 35.8 Å². The Hall–Kier alpha value is -2.86. The highest BCUT2D eigenvalue weighted by Gasteiger charge is 2.40. The topological polar surface area (TPSA) is 160 Å². The van der Waals surface area contributed by atoms with Crippen LogP contribution < -0.4 is 20.7 Å². The first-order valence-electron chi connectivity index (χ1n) is 13.9. The summed E-state index contributed by atoms with van der Waals surface area (Å²) in [6.45, 7) is 0.390. The SMILES string of the molecule is O=C(N[C@@H](CC1CCCCC1)C(=O)N[C@@H](C[C@@H]1CCNC1=O)C(=O)NS(=O)(=O)C1CC1)OCc1cccc(Cl)c1. The number of rotatable bonds is 12. The lowest BCUT2D eigenvalue weighted by molar-refractivity contribution is -0.130. The van der Waals surface area contributed by atoms with Gasteiger partial charge in [-0.25, -0.2) is 13.2 Å². The lowest BCUT2D eigenvalue weighted by atomic mass is 9.84. The molecule has 2 aliphatic carbocycles. The molecule has 3 aliphatic rings. The monoisotopic (exact) mass is 596 g/mol. The molecular weight excluding hydrogens is 560 g/mol. The lowest BCUT2D eigenvalue weighted by Crippen LogP contribution is -2.55. The van der Waals surface area contributed by atoms with Crippen molar-refractivity contribution in [3.05, 3.63) is 34.9 Å². The zero-order valence-corrected chi connectivity index (χ0v) is 23.9. The molecule has 4 N–H and O–H groups in total. The van der Waals surface area contributed by atoms with E-state index in [1.165, 1.54) is 0 Å². The Kier molecular flexibility index (Phi) is 10.3. The fraction of sp³-hybridized carbons (Fsp3) is 0.630. The quantitative estimate of drug-likeness (QED) is 0.288. The van der Waals surface area contributed by atoms with Gasteiger partial charge >= 0.3 is 6.09 Å². The number of alkyl carbamates (subject to hydrolysis) is 1. The normalized spacial score (nSPS) is 21.1. The van der Waals surface area contributed by atoms with E-state index in [1.54, 1.807) is 24.3 Å². The van der Waals surface area contributed by atoms with Gasteiger partial charge in [-0.1, -0.05) is 55.8 Å². The van der Waals surface area contributed by atoms with Gasteiger partial charge in [0, 0.05) is 17.5 Å². The molecule has 1 heterocycles. The van der Waals surface area contributed by atoms with Crippen LogP contribution in [0.4, 0.5) is 4.79 Å². The zero-order chi connectivity index (χ0) is 28.7. The predicted molar refractivity (Wildman–Crippen MR) is 148 cm³/mol. The molecule has 0 aromatic heterocycles. The Labute approximate surface area is 239 Å². The van der Waals surface area contributed by atoms with Gasteiger partial charge in [-0.2, -0.15) is 0 Å². The first-order valence-corrected chi connectivity index (χ1v) is 15.8. The Bertz CT molecular complexity index is 1200. The van der Waals surface area contributed by atoms with Crippen LogP contribution in [0.25, 0.3) is 0 Å². The second-order valence-corrected chi connectivity index (χ2v) is 13.3. The molecule has 1 aromatic rings. The fourth-order valence-corrected chi connectivity index (χ4v) is 6.84. The summed E-state index contributed by atoms with van der Waals surface area (Å²) in [6.07, 6.45) is 5.88. The van der Waals surface area contributed by atoms with Crippen molar-refractivity contribution in [2.24, 2.45) is 11.8 Å². The average Bonchev–Trinajstić information content (AvgIpc) is 3.71. The van der Waals surface area contributed by atoms with Crippen LogP contribution in [0.2, 0.25) is 5.02 Å². The van der Waals surface area contributed by atoms with Crippen molar-refractivity contribution >= 4 is 45.4 Å². The van der Waals surface area contributed by atoms with Crippen molar-refractivity contribution in [1.29, 1.82) is 0 Å². The minimum atomic E-state index is -3.86. The summed E-state index contributed by atoms with van der Waals surface area (Å²) in [5.74, 6) is -2.13. The molecule has 1 aliphatic heterocycles. The van der Waals surface area contributed by atoms with Gasteiger partial charge in [-0.3, -0.25) is 19.1 Å². The van der Waals surface area contributed by atoms with Crippen LogP contribution in [0.15, 0.2) is 24.3 Å². The van der Waals surface area contributed by atoms with E-state index in [9.17, 15) is 27.6 Å². The van der Waals surface area contributed by atoms with E-state index in [0.29, 0.717) is 42.8 Å². The molecule has 3 atom stereocenters. The highest BCUT2D eigenvalue weighted by atomic mass is 35.5. The smallest absolute Gasteiger partial charge is 0.408 e. The van der Waals surface area contributed by atoms with Gasteiger partial charge in [-0.05, 0) is 55.7 Å². The molecule has 4 amide bonds. The van der Waals surface area contributed by atoms with E-state index in [-0.39, 0.29) is 24.9 Å². The third-order valence-corrected chi connectivity index (χ3v) is 9.75.